The van der Waals surface area contributed by atoms with Gasteiger partial charge in [0.05, 0.1) is 56.4 Å². The quantitative estimate of drug-likeness (QED) is 0.0580. The predicted molar refractivity (Wildman–Crippen MR) is 182 cm³/mol. The molecule has 2 amide bonds. The van der Waals surface area contributed by atoms with Crippen molar-refractivity contribution in [3.05, 3.63) is 82.9 Å². The summed E-state index contributed by atoms with van der Waals surface area (Å²) >= 11 is 0. The minimum atomic E-state index is -1.66. The minimum Gasteiger partial charge on any atom is -0.465 e. The summed E-state index contributed by atoms with van der Waals surface area (Å²) in [5, 5.41) is 12.8. The molecule has 2 unspecified atom stereocenters. The van der Waals surface area contributed by atoms with E-state index in [1.165, 1.54) is 67.8 Å². The van der Waals surface area contributed by atoms with Crippen LogP contribution in [-0.4, -0.2) is 87.8 Å². The molecule has 0 aliphatic carbocycles. The van der Waals surface area contributed by atoms with Gasteiger partial charge in [-0.05, 0) is 74.5 Å². The lowest BCUT2D eigenvalue weighted by Crippen LogP contribution is -2.48. The fourth-order valence-corrected chi connectivity index (χ4v) is 4.32. The number of amides is 2. The van der Waals surface area contributed by atoms with E-state index in [1.807, 2.05) is 0 Å². The first-order valence-corrected chi connectivity index (χ1v) is 15.0. The highest BCUT2D eigenvalue weighted by molar-refractivity contribution is 6.11. The molecule has 0 bridgehead atoms. The summed E-state index contributed by atoms with van der Waals surface area (Å²) in [5.74, 6) is -5.98. The highest BCUT2D eigenvalue weighted by atomic mass is 16.5. The summed E-state index contributed by atoms with van der Waals surface area (Å²) in [6, 6.07) is 10.1. The number of nitrogens with zero attached hydrogens (tertiary/aromatic N) is 2. The molecule has 0 aromatic heterocycles. The number of hydrogen-bond acceptors (Lipinski definition) is 16. The van der Waals surface area contributed by atoms with Crippen LogP contribution < -0.4 is 21.5 Å². The number of nitrogens with one attached hydrogen (secondary N) is 4. The molecule has 0 heterocycles. The second-order valence-electron chi connectivity index (χ2n) is 10.6. The number of methoxy groups -OCH3 is 4. The van der Waals surface area contributed by atoms with Crippen LogP contribution >= 0.6 is 0 Å². The fourth-order valence-electron chi connectivity index (χ4n) is 4.32. The number of hydrazine groups is 1. The molecule has 0 radical (unpaired) electrons. The van der Waals surface area contributed by atoms with Gasteiger partial charge in [-0.2, -0.15) is 10.2 Å². The van der Waals surface area contributed by atoms with E-state index in [4.69, 9.17) is 14.2 Å². The summed E-state index contributed by atoms with van der Waals surface area (Å²) in [6.45, 7) is 2.26. The van der Waals surface area contributed by atoms with Crippen molar-refractivity contribution in [2.75, 3.05) is 44.5 Å². The Morgan fingerprint density at radius 3 is 1.56 bits per heavy atom. The molecule has 0 fully saturated rings. The molecular formula is C34H34N6O12. The number of azo groups is 1. The van der Waals surface area contributed by atoms with Crippen LogP contribution in [0.2, 0.25) is 0 Å². The molecule has 2 atom stereocenters. The molecule has 0 saturated heterocycles. The van der Waals surface area contributed by atoms with E-state index in [1.54, 1.807) is 0 Å². The molecule has 0 saturated carbocycles. The highest BCUT2D eigenvalue weighted by Gasteiger charge is 2.26. The van der Waals surface area contributed by atoms with Gasteiger partial charge in [0.15, 0.2) is 17.6 Å². The maximum Gasteiger partial charge on any atom is 0.340 e. The summed E-state index contributed by atoms with van der Waals surface area (Å²) in [6.07, 6.45) is 0. The molecule has 0 spiro atoms. The van der Waals surface area contributed by atoms with Gasteiger partial charge in [-0.1, -0.05) is 0 Å². The molecule has 3 aromatic carbocycles. The van der Waals surface area contributed by atoms with E-state index in [2.05, 4.69) is 36.5 Å². The van der Waals surface area contributed by atoms with Crippen LogP contribution in [0.4, 0.5) is 22.7 Å². The summed E-state index contributed by atoms with van der Waals surface area (Å²) < 4.78 is 18.8. The van der Waals surface area contributed by atoms with Gasteiger partial charge in [0.2, 0.25) is 6.04 Å². The van der Waals surface area contributed by atoms with Crippen molar-refractivity contribution < 1.29 is 57.3 Å². The number of carbonyl (C=O) groups is 8. The number of ether oxygens (including phenoxy) is 4. The number of hydrogen-bond donors (Lipinski definition) is 4. The lowest BCUT2D eigenvalue weighted by atomic mass is 10.1. The maximum atomic E-state index is 13.1. The zero-order valence-electron chi connectivity index (χ0n) is 28.7. The number of carbonyl (C=O) groups excluding carboxylic acids is 8. The molecule has 0 aliphatic heterocycles. The second-order valence-corrected chi connectivity index (χ2v) is 10.6. The number of esters is 4. The Bertz CT molecular complexity index is 1930. The first-order chi connectivity index (χ1) is 24.7. The number of benzene rings is 3. The van der Waals surface area contributed by atoms with Crippen molar-refractivity contribution in [1.82, 2.24) is 5.43 Å². The Morgan fingerprint density at radius 2 is 1.06 bits per heavy atom. The van der Waals surface area contributed by atoms with Crippen LogP contribution in [0.5, 0.6) is 0 Å². The zero-order chi connectivity index (χ0) is 38.5. The first kappa shape index (κ1) is 39.6. The Balaban J connectivity index is 1.73. The van der Waals surface area contributed by atoms with Gasteiger partial charge in [0.1, 0.15) is 5.69 Å². The highest BCUT2D eigenvalue weighted by Crippen LogP contribution is 2.24. The van der Waals surface area contributed by atoms with Crippen molar-refractivity contribution in [3.63, 3.8) is 0 Å². The van der Waals surface area contributed by atoms with Gasteiger partial charge in [-0.3, -0.25) is 19.2 Å². The van der Waals surface area contributed by atoms with Gasteiger partial charge in [-0.15, -0.1) is 0 Å². The number of Topliss-reactive ketones (excluding diaryl/α,β-unsaturated/α-hetero) is 2. The Kier molecular flexibility index (Phi) is 13.9. The number of anilines is 3. The molecule has 272 valence electrons. The first-order valence-electron chi connectivity index (χ1n) is 15.0. The van der Waals surface area contributed by atoms with Crippen LogP contribution in [0.1, 0.15) is 55.3 Å². The number of rotatable bonds is 15. The van der Waals surface area contributed by atoms with Crippen LogP contribution in [0.3, 0.4) is 0 Å². The molecule has 0 aliphatic rings. The van der Waals surface area contributed by atoms with Gasteiger partial charge in [-0.25, -0.2) is 24.6 Å². The van der Waals surface area contributed by atoms with Crippen molar-refractivity contribution >= 4 is 70.0 Å². The van der Waals surface area contributed by atoms with Gasteiger partial charge >= 0.3 is 23.9 Å². The van der Waals surface area contributed by atoms with Crippen molar-refractivity contribution in [1.29, 1.82) is 0 Å². The smallest absolute Gasteiger partial charge is 0.340 e. The van der Waals surface area contributed by atoms with E-state index in [0.29, 0.717) is 0 Å². The molecule has 52 heavy (non-hydrogen) atoms. The van der Waals surface area contributed by atoms with Crippen LogP contribution in [0.25, 0.3) is 0 Å². The largest absolute Gasteiger partial charge is 0.465 e. The molecule has 3 aromatic rings. The summed E-state index contributed by atoms with van der Waals surface area (Å²) in [7, 11) is 4.63. The standard InChI is InChI=1S/C34H34N6O12/c1-17(41)27(39-37-25-15-19(31(45)49-3)7-13-23(25)33(47)51-5)29(43)35-21-9-11-22(12-10-21)36-30(44)28(18(2)42)40-38-26-16-20(32(46)50-4)8-14-24(26)34(48)52-6/h7-16,27-28,37,39H,1-6H3,(H,35,43)(H,36,44)/b40-38+. The maximum absolute atomic E-state index is 13.1. The van der Waals surface area contributed by atoms with E-state index in [9.17, 15) is 38.4 Å². The SMILES string of the molecule is COC(=O)c1ccc(C(=O)OC)c(/N=N/C(C(C)=O)C(=O)Nc2ccc(NC(=O)C(NNc3cc(C(=O)OC)ccc3C(=O)OC)C(C)=O)cc2)c1. The third-order valence-corrected chi connectivity index (χ3v) is 7.02. The Morgan fingerprint density at radius 1 is 0.577 bits per heavy atom. The summed E-state index contributed by atoms with van der Waals surface area (Å²) in [4.78, 5) is 99.3. The van der Waals surface area contributed by atoms with E-state index < -0.39 is 59.3 Å². The Hall–Kier alpha value is -6.82. The van der Waals surface area contributed by atoms with E-state index in [0.717, 1.165) is 35.2 Å². The molecule has 18 nitrogen and oxygen atoms in total. The topological polar surface area (TPSA) is 246 Å². The lowest BCUT2D eigenvalue weighted by Gasteiger charge is -2.19. The third-order valence-electron chi connectivity index (χ3n) is 7.02. The minimum absolute atomic E-state index is 0.00445. The van der Waals surface area contributed by atoms with Crippen LogP contribution in [0.15, 0.2) is 70.9 Å². The van der Waals surface area contributed by atoms with Gasteiger partial charge < -0.3 is 35.0 Å². The van der Waals surface area contributed by atoms with Crippen LogP contribution in [0, 0.1) is 0 Å². The van der Waals surface area contributed by atoms with E-state index in [-0.39, 0.29) is 45.0 Å². The van der Waals surface area contributed by atoms with Gasteiger partial charge in [0, 0.05) is 11.4 Å². The van der Waals surface area contributed by atoms with Gasteiger partial charge in [0.25, 0.3) is 11.8 Å². The number of ketones is 2. The fraction of sp³-hybridized carbons (Fsp3) is 0.235. The zero-order valence-corrected chi connectivity index (χ0v) is 28.7. The lowest BCUT2D eigenvalue weighted by molar-refractivity contribution is -0.128. The summed E-state index contributed by atoms with van der Waals surface area (Å²) in [5.41, 5.74) is 5.44. The molecule has 18 heteroatoms. The average Bonchev–Trinajstić information content (AvgIpc) is 3.13. The van der Waals surface area contributed by atoms with E-state index >= 15 is 0 Å². The molecule has 3 rings (SSSR count). The van der Waals surface area contributed by atoms with Crippen molar-refractivity contribution in [3.8, 4) is 0 Å². The van der Waals surface area contributed by atoms with Crippen molar-refractivity contribution in [2.24, 2.45) is 10.2 Å². The van der Waals surface area contributed by atoms with Crippen molar-refractivity contribution in [2.45, 2.75) is 25.9 Å². The third kappa shape index (κ3) is 10.1. The monoisotopic (exact) mass is 718 g/mol. The molecule has 4 N–H and O–H groups in total. The second kappa shape index (κ2) is 18.3. The molecular weight excluding hydrogens is 684 g/mol. The van der Waals surface area contributed by atoms with Crippen LogP contribution in [-0.2, 0) is 38.1 Å². The average molecular weight is 719 g/mol. The normalized spacial score (nSPS) is 11.7. The predicted octanol–water partition coefficient (Wildman–Crippen LogP) is 3.03. The Labute approximate surface area is 296 Å².